The molecule has 1 aromatic rings. The molecule has 0 aromatic heterocycles. The molecule has 22 heavy (non-hydrogen) atoms. The average Bonchev–Trinajstić information content (AvgIpc) is 2.83. The fourth-order valence-electron chi connectivity index (χ4n) is 2.29. The molecule has 6 nitrogen and oxygen atoms in total. The third-order valence-electron chi connectivity index (χ3n) is 3.47. The molecule has 0 radical (unpaired) electrons. The summed E-state index contributed by atoms with van der Waals surface area (Å²) in [5, 5.41) is 0. The van der Waals surface area contributed by atoms with Crippen molar-refractivity contribution in [2.45, 2.75) is 17.7 Å². The first kappa shape index (κ1) is 16.8. The molecule has 2 rings (SSSR count). The van der Waals surface area contributed by atoms with Crippen molar-refractivity contribution in [3.05, 3.63) is 29.8 Å². The number of nitrogens with one attached hydrogen (secondary N) is 2. The molecule has 8 heteroatoms. The number of carbonyl (C=O) groups is 2. The van der Waals surface area contributed by atoms with Gasteiger partial charge in [0.2, 0.25) is 5.91 Å². The lowest BCUT2D eigenvalue weighted by Gasteiger charge is -2.10. The Morgan fingerprint density at radius 3 is 2.45 bits per heavy atom. The molecule has 1 aromatic carbocycles. The van der Waals surface area contributed by atoms with Gasteiger partial charge in [0.05, 0.1) is 11.5 Å². The van der Waals surface area contributed by atoms with Crippen LogP contribution in [0.25, 0.3) is 0 Å². The zero-order valence-corrected chi connectivity index (χ0v) is 13.8. The third kappa shape index (κ3) is 4.74. The predicted octanol–water partition coefficient (Wildman–Crippen LogP) is 0.994. The van der Waals surface area contributed by atoms with E-state index in [9.17, 15) is 18.0 Å². The lowest BCUT2D eigenvalue weighted by molar-refractivity contribution is -0.122. The van der Waals surface area contributed by atoms with Crippen molar-refractivity contribution in [2.75, 3.05) is 17.8 Å². The maximum atomic E-state index is 11.9. The molecule has 1 fully saturated rings. The Morgan fingerprint density at radius 2 is 1.91 bits per heavy atom. The van der Waals surface area contributed by atoms with Crippen LogP contribution in [0.4, 0.5) is 0 Å². The van der Waals surface area contributed by atoms with Crippen LogP contribution in [0.2, 0.25) is 0 Å². The number of benzene rings is 1. The third-order valence-corrected chi connectivity index (χ3v) is 6.05. The molecule has 0 bridgehead atoms. The summed E-state index contributed by atoms with van der Waals surface area (Å²) < 4.78 is 22.6. The Labute approximate surface area is 133 Å². The fourth-order valence-corrected chi connectivity index (χ4v) is 4.56. The quantitative estimate of drug-likeness (QED) is 0.629. The first-order chi connectivity index (χ1) is 10.4. The van der Waals surface area contributed by atoms with Crippen LogP contribution in [-0.4, -0.2) is 38.0 Å². The predicted molar refractivity (Wildman–Crippen MR) is 85.2 cm³/mol. The maximum absolute atomic E-state index is 11.9. The van der Waals surface area contributed by atoms with Crippen LogP contribution in [-0.2, 0) is 14.6 Å². The summed E-state index contributed by atoms with van der Waals surface area (Å²) in [5.74, 6) is -0.761. The molecule has 1 atom stereocenters. The first-order valence-electron chi connectivity index (χ1n) is 6.83. The van der Waals surface area contributed by atoms with Crippen LogP contribution < -0.4 is 10.9 Å². The minimum Gasteiger partial charge on any atom is -0.273 e. The minimum atomic E-state index is -2.99. The Hall–Kier alpha value is -1.54. The van der Waals surface area contributed by atoms with Crippen molar-refractivity contribution in [2.24, 2.45) is 5.92 Å². The van der Waals surface area contributed by atoms with Gasteiger partial charge in [-0.1, -0.05) is 0 Å². The highest BCUT2D eigenvalue weighted by Crippen LogP contribution is 2.21. The lowest BCUT2D eigenvalue weighted by atomic mass is 10.1. The van der Waals surface area contributed by atoms with Gasteiger partial charge >= 0.3 is 0 Å². The molecule has 1 saturated heterocycles. The average molecular weight is 342 g/mol. The van der Waals surface area contributed by atoms with Crippen LogP contribution >= 0.6 is 11.8 Å². The number of hydrogen-bond acceptors (Lipinski definition) is 5. The van der Waals surface area contributed by atoms with E-state index in [1.807, 2.05) is 18.4 Å². The normalized spacial score (nSPS) is 19.6. The van der Waals surface area contributed by atoms with Gasteiger partial charge in [-0.15, -0.1) is 11.8 Å². The van der Waals surface area contributed by atoms with Crippen molar-refractivity contribution in [3.63, 3.8) is 0 Å². The molecule has 1 aliphatic rings. The molecule has 120 valence electrons. The van der Waals surface area contributed by atoms with Gasteiger partial charge in [-0.2, -0.15) is 0 Å². The Morgan fingerprint density at radius 1 is 1.23 bits per heavy atom. The van der Waals surface area contributed by atoms with Gasteiger partial charge in [-0.3, -0.25) is 20.4 Å². The van der Waals surface area contributed by atoms with E-state index < -0.39 is 15.7 Å². The van der Waals surface area contributed by atoms with Crippen LogP contribution in [0.5, 0.6) is 0 Å². The standard InChI is InChI=1S/C14H18N2O4S2/c1-21-12-4-2-11(3-5-12)14(18)16-15-13(17)8-10-6-7-22(19,20)9-10/h2-5,10H,6-9H2,1H3,(H,15,17)(H,16,18)/t10-/m1/s1. The summed E-state index contributed by atoms with van der Waals surface area (Å²) in [5.41, 5.74) is 5.11. The molecule has 0 saturated carbocycles. The monoisotopic (exact) mass is 342 g/mol. The first-order valence-corrected chi connectivity index (χ1v) is 9.88. The van der Waals surface area contributed by atoms with E-state index in [2.05, 4.69) is 10.9 Å². The molecule has 2 amide bonds. The number of amides is 2. The highest BCUT2D eigenvalue weighted by molar-refractivity contribution is 7.98. The maximum Gasteiger partial charge on any atom is 0.269 e. The molecule has 1 heterocycles. The second-order valence-electron chi connectivity index (χ2n) is 5.20. The SMILES string of the molecule is CSc1ccc(C(=O)NNC(=O)C[C@H]2CCS(=O)(=O)C2)cc1. The van der Waals surface area contributed by atoms with Gasteiger partial charge in [0.25, 0.3) is 5.91 Å². The molecular weight excluding hydrogens is 324 g/mol. The summed E-state index contributed by atoms with van der Waals surface area (Å²) in [7, 11) is -2.99. The van der Waals surface area contributed by atoms with Crippen LogP contribution in [0, 0.1) is 5.92 Å². The van der Waals surface area contributed by atoms with E-state index in [1.165, 1.54) is 0 Å². The Bertz CT molecular complexity index is 656. The molecule has 0 unspecified atom stereocenters. The molecule has 0 spiro atoms. The van der Waals surface area contributed by atoms with Gasteiger partial charge < -0.3 is 0 Å². The smallest absolute Gasteiger partial charge is 0.269 e. The Kier molecular flexibility index (Phi) is 5.47. The van der Waals surface area contributed by atoms with E-state index >= 15 is 0 Å². The Balaban J connectivity index is 1.79. The molecular formula is C14H18N2O4S2. The van der Waals surface area contributed by atoms with Crippen molar-refractivity contribution in [1.29, 1.82) is 0 Å². The number of sulfone groups is 1. The number of hydrogen-bond donors (Lipinski definition) is 2. The summed E-state index contributed by atoms with van der Waals surface area (Å²) in [6, 6.07) is 7.00. The van der Waals surface area contributed by atoms with E-state index in [4.69, 9.17) is 0 Å². The van der Waals surface area contributed by atoms with Gasteiger partial charge in [0.1, 0.15) is 0 Å². The number of hydrazine groups is 1. The number of carbonyl (C=O) groups excluding carboxylic acids is 2. The van der Waals surface area contributed by atoms with Crippen molar-refractivity contribution in [1.82, 2.24) is 10.9 Å². The van der Waals surface area contributed by atoms with Gasteiger partial charge in [0.15, 0.2) is 9.84 Å². The van der Waals surface area contributed by atoms with Crippen LogP contribution in [0.15, 0.2) is 29.2 Å². The van der Waals surface area contributed by atoms with Crippen molar-refractivity contribution in [3.8, 4) is 0 Å². The largest absolute Gasteiger partial charge is 0.273 e. The zero-order valence-electron chi connectivity index (χ0n) is 12.2. The summed E-state index contributed by atoms with van der Waals surface area (Å²) in [6.07, 6.45) is 2.54. The number of thioether (sulfide) groups is 1. The van der Waals surface area contributed by atoms with E-state index in [1.54, 1.807) is 23.9 Å². The molecule has 1 aliphatic heterocycles. The number of rotatable bonds is 4. The summed E-state index contributed by atoms with van der Waals surface area (Å²) in [4.78, 5) is 24.6. The van der Waals surface area contributed by atoms with E-state index in [0.29, 0.717) is 12.0 Å². The summed E-state index contributed by atoms with van der Waals surface area (Å²) in [6.45, 7) is 0. The summed E-state index contributed by atoms with van der Waals surface area (Å²) >= 11 is 1.57. The lowest BCUT2D eigenvalue weighted by Crippen LogP contribution is -2.42. The zero-order chi connectivity index (χ0) is 16.2. The highest BCUT2D eigenvalue weighted by atomic mass is 32.2. The minimum absolute atomic E-state index is 0.0461. The second-order valence-corrected chi connectivity index (χ2v) is 8.31. The van der Waals surface area contributed by atoms with E-state index in [-0.39, 0.29) is 29.8 Å². The second kappa shape index (κ2) is 7.15. The fraction of sp³-hybridized carbons (Fsp3) is 0.429. The van der Waals surface area contributed by atoms with Crippen LogP contribution in [0.1, 0.15) is 23.2 Å². The van der Waals surface area contributed by atoms with Gasteiger partial charge in [-0.05, 0) is 42.9 Å². The molecule has 0 aliphatic carbocycles. The highest BCUT2D eigenvalue weighted by Gasteiger charge is 2.29. The van der Waals surface area contributed by atoms with Crippen LogP contribution in [0.3, 0.4) is 0 Å². The van der Waals surface area contributed by atoms with E-state index in [0.717, 1.165) is 4.90 Å². The van der Waals surface area contributed by atoms with Crippen molar-refractivity contribution < 1.29 is 18.0 Å². The topological polar surface area (TPSA) is 92.3 Å². The van der Waals surface area contributed by atoms with Crippen molar-refractivity contribution >= 4 is 33.4 Å². The molecule has 2 N–H and O–H groups in total. The van der Waals surface area contributed by atoms with Gasteiger partial charge in [0, 0.05) is 16.9 Å². The van der Waals surface area contributed by atoms with Gasteiger partial charge in [-0.25, -0.2) is 8.42 Å².